The molecule has 110 valence electrons. The highest BCUT2D eigenvalue weighted by molar-refractivity contribution is 7.14. The first-order valence-electron chi connectivity index (χ1n) is 6.58. The van der Waals surface area contributed by atoms with Crippen molar-refractivity contribution in [2.24, 2.45) is 0 Å². The molecule has 0 atom stereocenters. The van der Waals surface area contributed by atoms with Crippen LogP contribution in [0.1, 0.15) is 10.4 Å². The summed E-state index contributed by atoms with van der Waals surface area (Å²) in [6.07, 6.45) is 0. The number of anilines is 1. The maximum absolute atomic E-state index is 11.9. The molecule has 2 rings (SSSR count). The normalized spacial score (nSPS) is 9.95. The molecule has 3 amide bonds. The van der Waals surface area contributed by atoms with Gasteiger partial charge < -0.3 is 10.6 Å². The lowest BCUT2D eigenvalue weighted by Gasteiger charge is -2.20. The van der Waals surface area contributed by atoms with E-state index in [-0.39, 0.29) is 11.9 Å². The molecule has 1 aromatic carbocycles. The maximum atomic E-state index is 11.9. The molecule has 0 saturated carbocycles. The molecule has 0 spiro atoms. The first-order valence-corrected chi connectivity index (χ1v) is 7.46. The van der Waals surface area contributed by atoms with Crippen LogP contribution in [-0.4, -0.2) is 32.1 Å². The van der Waals surface area contributed by atoms with Crippen LogP contribution < -0.4 is 15.5 Å². The lowest BCUT2D eigenvalue weighted by atomic mass is 10.2. The highest BCUT2D eigenvalue weighted by atomic mass is 32.1. The van der Waals surface area contributed by atoms with E-state index in [0.29, 0.717) is 18.7 Å². The van der Waals surface area contributed by atoms with Crippen LogP contribution in [0.5, 0.6) is 0 Å². The second-order valence-electron chi connectivity index (χ2n) is 4.28. The molecule has 5 nitrogen and oxygen atoms in total. The van der Waals surface area contributed by atoms with Crippen molar-refractivity contribution >= 4 is 28.3 Å². The number of benzene rings is 1. The van der Waals surface area contributed by atoms with Gasteiger partial charge in [0.2, 0.25) is 0 Å². The molecule has 2 N–H and O–H groups in total. The number of hydrogen-bond acceptors (Lipinski definition) is 3. The molecule has 0 aliphatic rings. The minimum absolute atomic E-state index is 0.140. The number of amides is 3. The third-order valence-electron chi connectivity index (χ3n) is 2.89. The number of rotatable bonds is 5. The fourth-order valence-electron chi connectivity index (χ4n) is 1.84. The summed E-state index contributed by atoms with van der Waals surface area (Å²) in [6.45, 7) is 0.803. The summed E-state index contributed by atoms with van der Waals surface area (Å²) in [7, 11) is 1.59. The van der Waals surface area contributed by atoms with E-state index in [0.717, 1.165) is 5.00 Å². The van der Waals surface area contributed by atoms with Gasteiger partial charge in [0.1, 0.15) is 0 Å². The lowest BCUT2D eigenvalue weighted by Crippen LogP contribution is -2.42. The van der Waals surface area contributed by atoms with Crippen LogP contribution in [0.4, 0.5) is 9.80 Å². The zero-order chi connectivity index (χ0) is 15.1. The molecule has 0 saturated heterocycles. The molecule has 1 aromatic heterocycles. The summed E-state index contributed by atoms with van der Waals surface area (Å²) in [5, 5.41) is 8.18. The number of carbonyl (C=O) groups excluding carboxylic acids is 2. The number of nitrogens with zero attached hydrogens (tertiary/aromatic N) is 1. The average Bonchev–Trinajstić information content (AvgIpc) is 3.05. The first kappa shape index (κ1) is 15.1. The molecular weight excluding hydrogens is 286 g/mol. The van der Waals surface area contributed by atoms with Gasteiger partial charge in [0.25, 0.3) is 5.91 Å². The summed E-state index contributed by atoms with van der Waals surface area (Å²) in [5.41, 5.74) is 0.611. The summed E-state index contributed by atoms with van der Waals surface area (Å²) in [4.78, 5) is 25.4. The highest BCUT2D eigenvalue weighted by Gasteiger charge is 2.15. The van der Waals surface area contributed by atoms with Gasteiger partial charge in [0, 0.05) is 25.7 Å². The molecule has 0 aliphatic heterocycles. The Morgan fingerprint density at radius 1 is 1.14 bits per heavy atom. The zero-order valence-corrected chi connectivity index (χ0v) is 12.5. The van der Waals surface area contributed by atoms with Gasteiger partial charge in [-0.15, -0.1) is 11.3 Å². The molecule has 2 aromatic rings. The Morgan fingerprint density at radius 2 is 1.90 bits per heavy atom. The second kappa shape index (κ2) is 7.44. The van der Waals surface area contributed by atoms with Crippen LogP contribution in [0.2, 0.25) is 0 Å². The largest absolute Gasteiger partial charge is 0.350 e. The van der Waals surface area contributed by atoms with Crippen molar-refractivity contribution < 1.29 is 9.59 Å². The topological polar surface area (TPSA) is 61.4 Å². The van der Waals surface area contributed by atoms with Crippen LogP contribution in [0.15, 0.2) is 47.8 Å². The number of hydrogen-bond donors (Lipinski definition) is 2. The van der Waals surface area contributed by atoms with Crippen LogP contribution in [-0.2, 0) is 0 Å². The third-order valence-corrected chi connectivity index (χ3v) is 3.78. The molecule has 0 unspecified atom stereocenters. The van der Waals surface area contributed by atoms with Gasteiger partial charge in [-0.1, -0.05) is 18.2 Å². The molecular formula is C15H17N3O2S. The minimum Gasteiger partial charge on any atom is -0.350 e. The van der Waals surface area contributed by atoms with Crippen molar-refractivity contribution in [2.75, 3.05) is 25.0 Å². The van der Waals surface area contributed by atoms with Crippen molar-refractivity contribution in [2.45, 2.75) is 0 Å². The van der Waals surface area contributed by atoms with E-state index in [1.54, 1.807) is 24.1 Å². The standard InChI is InChI=1S/C15H17N3O2S/c1-16-15(20)18(13-8-5-11-21-13)10-9-17-14(19)12-6-3-2-4-7-12/h2-8,11H,9-10H2,1H3,(H,16,20)(H,17,19). The Kier molecular flexibility index (Phi) is 5.34. The van der Waals surface area contributed by atoms with Gasteiger partial charge in [-0.25, -0.2) is 4.79 Å². The van der Waals surface area contributed by atoms with E-state index >= 15 is 0 Å². The molecule has 21 heavy (non-hydrogen) atoms. The first-order chi connectivity index (χ1) is 10.2. The summed E-state index contributed by atoms with van der Waals surface area (Å²) >= 11 is 1.48. The van der Waals surface area contributed by atoms with Crippen LogP contribution >= 0.6 is 11.3 Å². The SMILES string of the molecule is CNC(=O)N(CCNC(=O)c1ccccc1)c1cccs1. The monoisotopic (exact) mass is 303 g/mol. The molecule has 0 aliphatic carbocycles. The number of urea groups is 1. The van der Waals surface area contributed by atoms with Crippen LogP contribution in [0.25, 0.3) is 0 Å². The summed E-state index contributed by atoms with van der Waals surface area (Å²) in [5.74, 6) is -0.140. The molecule has 0 radical (unpaired) electrons. The van der Waals surface area contributed by atoms with E-state index in [9.17, 15) is 9.59 Å². The Labute approximate surface area is 127 Å². The number of nitrogens with one attached hydrogen (secondary N) is 2. The predicted molar refractivity (Wildman–Crippen MR) is 84.9 cm³/mol. The zero-order valence-electron chi connectivity index (χ0n) is 11.7. The Balaban J connectivity index is 1.91. The van der Waals surface area contributed by atoms with Crippen molar-refractivity contribution in [3.63, 3.8) is 0 Å². The lowest BCUT2D eigenvalue weighted by molar-refractivity contribution is 0.0954. The second-order valence-corrected chi connectivity index (χ2v) is 5.21. The Hall–Kier alpha value is -2.34. The molecule has 0 bridgehead atoms. The van der Waals surface area contributed by atoms with Crippen molar-refractivity contribution in [1.29, 1.82) is 0 Å². The van der Waals surface area contributed by atoms with Gasteiger partial charge in [-0.3, -0.25) is 9.69 Å². The molecule has 0 fully saturated rings. The van der Waals surface area contributed by atoms with Crippen molar-refractivity contribution in [3.8, 4) is 0 Å². The highest BCUT2D eigenvalue weighted by Crippen LogP contribution is 2.20. The Bertz CT molecular complexity index is 584. The van der Waals surface area contributed by atoms with Crippen LogP contribution in [0.3, 0.4) is 0 Å². The van der Waals surface area contributed by atoms with Crippen molar-refractivity contribution in [1.82, 2.24) is 10.6 Å². The van der Waals surface area contributed by atoms with Gasteiger partial charge in [0.15, 0.2) is 0 Å². The van der Waals surface area contributed by atoms with E-state index in [1.807, 2.05) is 35.7 Å². The average molecular weight is 303 g/mol. The molecule has 1 heterocycles. The van der Waals surface area contributed by atoms with Gasteiger partial charge >= 0.3 is 6.03 Å². The van der Waals surface area contributed by atoms with Gasteiger partial charge in [-0.2, -0.15) is 0 Å². The van der Waals surface area contributed by atoms with E-state index in [2.05, 4.69) is 10.6 Å². The van der Waals surface area contributed by atoms with Crippen LogP contribution in [0, 0.1) is 0 Å². The number of carbonyl (C=O) groups is 2. The van der Waals surface area contributed by atoms with Crippen molar-refractivity contribution in [3.05, 3.63) is 53.4 Å². The van der Waals surface area contributed by atoms with E-state index < -0.39 is 0 Å². The van der Waals surface area contributed by atoms with Gasteiger partial charge in [0.05, 0.1) is 5.00 Å². The quantitative estimate of drug-likeness (QED) is 0.890. The van der Waals surface area contributed by atoms with Gasteiger partial charge in [-0.05, 0) is 29.6 Å². The Morgan fingerprint density at radius 3 is 2.52 bits per heavy atom. The molecule has 6 heteroatoms. The summed E-state index contributed by atoms with van der Waals surface area (Å²) in [6, 6.07) is 12.6. The number of thiophene rings is 1. The van der Waals surface area contributed by atoms with E-state index in [4.69, 9.17) is 0 Å². The fourth-order valence-corrected chi connectivity index (χ4v) is 2.60. The predicted octanol–water partition coefficient (Wildman–Crippen LogP) is 2.32. The summed E-state index contributed by atoms with van der Waals surface area (Å²) < 4.78 is 0. The maximum Gasteiger partial charge on any atom is 0.322 e. The third kappa shape index (κ3) is 4.06. The van der Waals surface area contributed by atoms with E-state index in [1.165, 1.54) is 11.3 Å². The smallest absolute Gasteiger partial charge is 0.322 e. The fraction of sp³-hybridized carbons (Fsp3) is 0.200. The minimum atomic E-state index is -0.189.